The molecule has 0 fully saturated rings. The fourth-order valence-electron chi connectivity index (χ4n) is 1.12. The quantitative estimate of drug-likeness (QED) is 0.686. The summed E-state index contributed by atoms with van der Waals surface area (Å²) in [6.45, 7) is 5.58. The van der Waals surface area contributed by atoms with Gasteiger partial charge in [-0.2, -0.15) is 0 Å². The van der Waals surface area contributed by atoms with Gasteiger partial charge in [0.1, 0.15) is 17.7 Å². The fourth-order valence-corrected chi connectivity index (χ4v) is 1.12. The normalized spacial score (nSPS) is 12.2. The number of amides is 1. The van der Waals surface area contributed by atoms with Crippen LogP contribution in [0.3, 0.4) is 0 Å². The van der Waals surface area contributed by atoms with E-state index < -0.39 is 0 Å². The summed E-state index contributed by atoms with van der Waals surface area (Å²) in [6.07, 6.45) is 0. The Hall–Kier alpha value is -1.85. The zero-order valence-corrected chi connectivity index (χ0v) is 9.69. The van der Waals surface area contributed by atoms with Crippen LogP contribution in [0, 0.1) is 0 Å². The molecule has 1 amide bonds. The molecule has 4 N–H and O–H groups in total. The van der Waals surface area contributed by atoms with Crippen molar-refractivity contribution >= 4 is 17.5 Å². The van der Waals surface area contributed by atoms with Gasteiger partial charge in [0.15, 0.2) is 0 Å². The first-order valence-corrected chi connectivity index (χ1v) is 5.15. The summed E-state index contributed by atoms with van der Waals surface area (Å²) in [5, 5.41) is 13.2. The smallest absolute Gasteiger partial charge is 0.242 e. The Bertz CT molecular complexity index is 349. The van der Waals surface area contributed by atoms with E-state index in [0.29, 0.717) is 11.6 Å². The third-order valence-corrected chi connectivity index (χ3v) is 1.87. The van der Waals surface area contributed by atoms with E-state index in [1.54, 1.807) is 19.1 Å². The Kier molecular flexibility index (Phi) is 4.04. The van der Waals surface area contributed by atoms with Crippen molar-refractivity contribution in [3.05, 3.63) is 12.1 Å². The van der Waals surface area contributed by atoms with Crippen molar-refractivity contribution < 1.29 is 4.79 Å². The molecular formula is C10H17N5O. The molecule has 0 aliphatic carbocycles. The molecule has 1 unspecified atom stereocenters. The highest BCUT2D eigenvalue weighted by Gasteiger charge is 2.13. The second-order valence-corrected chi connectivity index (χ2v) is 3.87. The number of carbonyl (C=O) groups is 1. The maximum Gasteiger partial charge on any atom is 0.242 e. The van der Waals surface area contributed by atoms with Crippen molar-refractivity contribution in [1.82, 2.24) is 15.5 Å². The molecule has 1 aromatic rings. The maximum absolute atomic E-state index is 11.6. The molecule has 1 aromatic heterocycles. The molecule has 6 nitrogen and oxygen atoms in total. The van der Waals surface area contributed by atoms with E-state index in [1.807, 2.05) is 13.8 Å². The summed E-state index contributed by atoms with van der Waals surface area (Å²) < 4.78 is 0. The zero-order valence-electron chi connectivity index (χ0n) is 9.69. The summed E-state index contributed by atoms with van der Waals surface area (Å²) in [6, 6.07) is 3.07. The van der Waals surface area contributed by atoms with Crippen LogP contribution in [0.1, 0.15) is 20.8 Å². The molecule has 0 aromatic carbocycles. The van der Waals surface area contributed by atoms with Gasteiger partial charge in [-0.3, -0.25) is 4.79 Å². The molecule has 0 radical (unpaired) electrons. The number of hydrogen-bond acceptors (Lipinski definition) is 5. The van der Waals surface area contributed by atoms with Gasteiger partial charge in [-0.05, 0) is 32.9 Å². The standard InChI is InChI=1S/C10H17N5O/c1-6(2)12-10(16)7(3)13-9-5-4-8(11)14-15-9/h4-7H,1-3H3,(H2,11,14)(H,12,16)(H,13,15). The molecule has 0 saturated carbocycles. The second kappa shape index (κ2) is 5.29. The predicted molar refractivity (Wildman–Crippen MR) is 62.8 cm³/mol. The van der Waals surface area contributed by atoms with E-state index >= 15 is 0 Å². The van der Waals surface area contributed by atoms with Crippen LogP contribution >= 0.6 is 0 Å². The third-order valence-electron chi connectivity index (χ3n) is 1.87. The summed E-state index contributed by atoms with van der Waals surface area (Å²) in [7, 11) is 0. The van der Waals surface area contributed by atoms with Crippen LogP contribution in [0.15, 0.2) is 12.1 Å². The average Bonchev–Trinajstić information content (AvgIpc) is 2.20. The van der Waals surface area contributed by atoms with Gasteiger partial charge in [0.05, 0.1) is 0 Å². The SMILES string of the molecule is CC(C)NC(=O)C(C)Nc1ccc(N)nn1. The van der Waals surface area contributed by atoms with E-state index in [4.69, 9.17) is 5.73 Å². The van der Waals surface area contributed by atoms with Crippen molar-refractivity contribution in [3.8, 4) is 0 Å². The molecule has 0 bridgehead atoms. The van der Waals surface area contributed by atoms with Crippen molar-refractivity contribution in [1.29, 1.82) is 0 Å². The average molecular weight is 223 g/mol. The molecule has 0 aliphatic rings. The van der Waals surface area contributed by atoms with Crippen LogP contribution in [-0.4, -0.2) is 28.2 Å². The Balaban J connectivity index is 2.53. The Labute approximate surface area is 94.6 Å². The third kappa shape index (κ3) is 3.72. The molecule has 0 aliphatic heterocycles. The number of nitrogens with two attached hydrogens (primary N) is 1. The molecule has 0 saturated heterocycles. The molecule has 6 heteroatoms. The molecule has 88 valence electrons. The molecular weight excluding hydrogens is 206 g/mol. The van der Waals surface area contributed by atoms with E-state index in [9.17, 15) is 4.79 Å². The van der Waals surface area contributed by atoms with Crippen molar-refractivity contribution in [2.45, 2.75) is 32.9 Å². The Morgan fingerprint density at radius 2 is 2.00 bits per heavy atom. The van der Waals surface area contributed by atoms with Crippen LogP contribution in [0.5, 0.6) is 0 Å². The minimum absolute atomic E-state index is 0.0753. The van der Waals surface area contributed by atoms with Gasteiger partial charge in [0.25, 0.3) is 0 Å². The van der Waals surface area contributed by atoms with E-state index in [1.165, 1.54) is 0 Å². The topological polar surface area (TPSA) is 92.9 Å². The first kappa shape index (κ1) is 12.2. The fraction of sp³-hybridized carbons (Fsp3) is 0.500. The van der Waals surface area contributed by atoms with Gasteiger partial charge in [-0.1, -0.05) is 0 Å². The maximum atomic E-state index is 11.6. The predicted octanol–water partition coefficient (Wildman–Crippen LogP) is 0.384. The van der Waals surface area contributed by atoms with E-state index in [2.05, 4.69) is 20.8 Å². The lowest BCUT2D eigenvalue weighted by atomic mass is 10.3. The summed E-state index contributed by atoms with van der Waals surface area (Å²) in [4.78, 5) is 11.6. The first-order chi connectivity index (χ1) is 7.49. The lowest BCUT2D eigenvalue weighted by Gasteiger charge is -2.15. The summed E-state index contributed by atoms with van der Waals surface area (Å²) >= 11 is 0. The van der Waals surface area contributed by atoms with E-state index in [0.717, 1.165) is 0 Å². The minimum Gasteiger partial charge on any atom is -0.382 e. The van der Waals surface area contributed by atoms with Crippen LogP contribution in [-0.2, 0) is 4.79 Å². The van der Waals surface area contributed by atoms with Crippen LogP contribution in [0.2, 0.25) is 0 Å². The highest BCUT2D eigenvalue weighted by atomic mass is 16.2. The highest BCUT2D eigenvalue weighted by Crippen LogP contribution is 2.04. The number of anilines is 2. The number of nitrogens with zero attached hydrogens (tertiary/aromatic N) is 2. The zero-order chi connectivity index (χ0) is 12.1. The Morgan fingerprint density at radius 3 is 2.50 bits per heavy atom. The molecule has 1 rings (SSSR count). The number of nitrogens with one attached hydrogen (secondary N) is 2. The minimum atomic E-state index is -0.361. The molecule has 1 heterocycles. The summed E-state index contributed by atoms with van der Waals surface area (Å²) in [5.74, 6) is 0.805. The number of carbonyl (C=O) groups excluding carboxylic acids is 1. The molecule has 0 spiro atoms. The lowest BCUT2D eigenvalue weighted by Crippen LogP contribution is -2.41. The lowest BCUT2D eigenvalue weighted by molar-refractivity contribution is -0.122. The monoisotopic (exact) mass is 223 g/mol. The van der Waals surface area contributed by atoms with Gasteiger partial charge in [0.2, 0.25) is 5.91 Å². The van der Waals surface area contributed by atoms with Crippen LogP contribution in [0.25, 0.3) is 0 Å². The Morgan fingerprint density at radius 1 is 1.31 bits per heavy atom. The van der Waals surface area contributed by atoms with Gasteiger partial charge in [-0.25, -0.2) is 0 Å². The number of nitrogen functional groups attached to an aromatic ring is 1. The van der Waals surface area contributed by atoms with Gasteiger partial charge in [0, 0.05) is 6.04 Å². The first-order valence-electron chi connectivity index (χ1n) is 5.15. The van der Waals surface area contributed by atoms with Gasteiger partial charge < -0.3 is 16.4 Å². The van der Waals surface area contributed by atoms with Gasteiger partial charge in [-0.15, -0.1) is 10.2 Å². The molecule has 1 atom stereocenters. The van der Waals surface area contributed by atoms with Gasteiger partial charge >= 0.3 is 0 Å². The van der Waals surface area contributed by atoms with Crippen LogP contribution in [0.4, 0.5) is 11.6 Å². The van der Waals surface area contributed by atoms with Crippen molar-refractivity contribution in [2.24, 2.45) is 0 Å². The van der Waals surface area contributed by atoms with Crippen molar-refractivity contribution in [2.75, 3.05) is 11.1 Å². The molecule has 16 heavy (non-hydrogen) atoms. The number of aromatic nitrogens is 2. The summed E-state index contributed by atoms with van der Waals surface area (Å²) in [5.41, 5.74) is 5.40. The second-order valence-electron chi connectivity index (χ2n) is 3.87. The largest absolute Gasteiger partial charge is 0.382 e. The van der Waals surface area contributed by atoms with Crippen molar-refractivity contribution in [3.63, 3.8) is 0 Å². The number of hydrogen-bond donors (Lipinski definition) is 3. The number of rotatable bonds is 4. The van der Waals surface area contributed by atoms with Crippen LogP contribution < -0.4 is 16.4 Å². The highest BCUT2D eigenvalue weighted by molar-refractivity contribution is 5.84. The van der Waals surface area contributed by atoms with E-state index in [-0.39, 0.29) is 18.0 Å².